The quantitative estimate of drug-likeness (QED) is 0.856. The van der Waals surface area contributed by atoms with E-state index in [9.17, 15) is 0 Å². The van der Waals surface area contributed by atoms with Gasteiger partial charge in [0.25, 0.3) is 0 Å². The summed E-state index contributed by atoms with van der Waals surface area (Å²) < 4.78 is 1.18. The van der Waals surface area contributed by atoms with Gasteiger partial charge in [-0.3, -0.25) is 0 Å². The molecule has 0 amide bonds. The Bertz CT molecular complexity index is 380. The third-order valence-corrected chi connectivity index (χ3v) is 3.82. The Hall–Kier alpha value is -0.540. The predicted molar refractivity (Wildman–Crippen MR) is 77.9 cm³/mol. The van der Waals surface area contributed by atoms with Crippen molar-refractivity contribution < 1.29 is 0 Å². The zero-order chi connectivity index (χ0) is 12.4. The summed E-state index contributed by atoms with van der Waals surface area (Å²) in [5.41, 5.74) is 4.15. The summed E-state index contributed by atoms with van der Waals surface area (Å²) in [5, 5.41) is 3.54. The van der Waals surface area contributed by atoms with Crippen molar-refractivity contribution in [1.29, 1.82) is 0 Å². The highest BCUT2D eigenvalue weighted by atomic mass is 79.9. The zero-order valence-corrected chi connectivity index (χ0v) is 12.5. The van der Waals surface area contributed by atoms with Crippen LogP contribution in [0.25, 0.3) is 0 Å². The fourth-order valence-corrected chi connectivity index (χ4v) is 3.40. The second-order valence-electron chi connectivity index (χ2n) is 5.04. The fraction of sp³-hybridized carbons (Fsp3) is 0.571. The highest BCUT2D eigenvalue weighted by Crippen LogP contribution is 2.29. The van der Waals surface area contributed by atoms with Gasteiger partial charge in [0.2, 0.25) is 0 Å². The zero-order valence-electron chi connectivity index (χ0n) is 10.9. The molecule has 0 radical (unpaired) electrons. The van der Waals surface area contributed by atoms with Gasteiger partial charge in [-0.15, -0.1) is 0 Å². The van der Waals surface area contributed by atoms with Crippen LogP contribution in [0.3, 0.4) is 0 Å². The third-order valence-electron chi connectivity index (χ3n) is 3.36. The summed E-state index contributed by atoms with van der Waals surface area (Å²) in [7, 11) is 0. The first-order valence-corrected chi connectivity index (χ1v) is 7.12. The van der Waals surface area contributed by atoms with Crippen LogP contribution in [0, 0.1) is 13.8 Å². The molecule has 2 nitrogen and oxygen atoms in total. The summed E-state index contributed by atoms with van der Waals surface area (Å²) in [6.07, 6.45) is 1.22. The molecule has 1 aliphatic heterocycles. The largest absolute Gasteiger partial charge is 0.370 e. The van der Waals surface area contributed by atoms with Crippen molar-refractivity contribution >= 4 is 21.6 Å². The van der Waals surface area contributed by atoms with Gasteiger partial charge in [-0.2, -0.15) is 0 Å². The van der Waals surface area contributed by atoms with Crippen molar-refractivity contribution in [3.05, 3.63) is 27.7 Å². The van der Waals surface area contributed by atoms with Gasteiger partial charge < -0.3 is 10.2 Å². The Kier molecular flexibility index (Phi) is 4.10. The van der Waals surface area contributed by atoms with E-state index in [1.54, 1.807) is 0 Å². The number of hydrogen-bond donors (Lipinski definition) is 1. The highest BCUT2D eigenvalue weighted by molar-refractivity contribution is 9.10. The highest BCUT2D eigenvalue weighted by Gasteiger charge is 2.17. The summed E-state index contributed by atoms with van der Waals surface area (Å²) in [6, 6.07) is 5.00. The van der Waals surface area contributed by atoms with E-state index in [-0.39, 0.29) is 0 Å². The molecule has 1 unspecified atom stereocenters. The van der Waals surface area contributed by atoms with E-state index in [1.165, 1.54) is 27.7 Å². The maximum Gasteiger partial charge on any atom is 0.0426 e. The Balaban J connectivity index is 2.32. The average molecular weight is 297 g/mol. The number of rotatable bonds is 1. The van der Waals surface area contributed by atoms with E-state index in [0.717, 1.165) is 19.6 Å². The van der Waals surface area contributed by atoms with Gasteiger partial charge in [-0.1, -0.05) is 15.9 Å². The summed E-state index contributed by atoms with van der Waals surface area (Å²) in [5.74, 6) is 0. The maximum absolute atomic E-state index is 3.57. The molecule has 2 rings (SSSR count). The predicted octanol–water partition coefficient (Wildman–Crippen LogP) is 3.25. The molecular weight excluding hydrogens is 276 g/mol. The number of anilines is 1. The van der Waals surface area contributed by atoms with Crippen molar-refractivity contribution in [3.63, 3.8) is 0 Å². The number of nitrogens with one attached hydrogen (secondary N) is 1. The minimum Gasteiger partial charge on any atom is -0.370 e. The first-order valence-electron chi connectivity index (χ1n) is 6.33. The minimum absolute atomic E-state index is 0.569. The van der Waals surface area contributed by atoms with E-state index in [1.807, 2.05) is 0 Å². The van der Waals surface area contributed by atoms with Gasteiger partial charge in [0, 0.05) is 29.3 Å². The van der Waals surface area contributed by atoms with Gasteiger partial charge in [0.15, 0.2) is 0 Å². The second-order valence-corrected chi connectivity index (χ2v) is 5.96. The monoisotopic (exact) mass is 296 g/mol. The lowest BCUT2D eigenvalue weighted by atomic mass is 10.1. The molecule has 94 valence electrons. The first kappa shape index (κ1) is 12.9. The molecule has 0 saturated carbocycles. The fourth-order valence-electron chi connectivity index (χ4n) is 2.71. The Morgan fingerprint density at radius 2 is 1.94 bits per heavy atom. The number of aryl methyl sites for hydroxylation is 2. The summed E-state index contributed by atoms with van der Waals surface area (Å²) in [6.45, 7) is 10.1. The Labute approximate surface area is 113 Å². The Morgan fingerprint density at radius 1 is 1.29 bits per heavy atom. The van der Waals surface area contributed by atoms with Crippen LogP contribution >= 0.6 is 15.9 Å². The van der Waals surface area contributed by atoms with Crippen molar-refractivity contribution in [2.24, 2.45) is 0 Å². The minimum atomic E-state index is 0.569. The Morgan fingerprint density at radius 3 is 2.59 bits per heavy atom. The molecule has 0 spiro atoms. The van der Waals surface area contributed by atoms with Crippen LogP contribution < -0.4 is 10.2 Å². The molecule has 1 aromatic rings. The lowest BCUT2D eigenvalue weighted by Gasteiger charge is -2.28. The molecule has 1 fully saturated rings. The molecule has 1 aliphatic rings. The topological polar surface area (TPSA) is 15.3 Å². The van der Waals surface area contributed by atoms with Crippen molar-refractivity contribution in [3.8, 4) is 0 Å². The molecule has 1 heterocycles. The number of halogens is 1. The SMILES string of the molecule is Cc1cc(Br)cc(C)c1N1CCCNC(C)C1. The van der Waals surface area contributed by atoms with Crippen LogP contribution in [-0.2, 0) is 0 Å². The van der Waals surface area contributed by atoms with Gasteiger partial charge in [0.1, 0.15) is 0 Å². The molecule has 1 N–H and O–H groups in total. The van der Waals surface area contributed by atoms with Crippen LogP contribution in [0.5, 0.6) is 0 Å². The third kappa shape index (κ3) is 3.02. The molecule has 1 saturated heterocycles. The van der Waals surface area contributed by atoms with E-state index >= 15 is 0 Å². The standard InChI is InChI=1S/C14H21BrN2/c1-10-7-13(15)8-11(2)14(10)17-6-4-5-16-12(3)9-17/h7-8,12,16H,4-6,9H2,1-3H3. The molecule has 0 bridgehead atoms. The lowest BCUT2D eigenvalue weighted by molar-refractivity contribution is 0.584. The molecular formula is C14H21BrN2. The van der Waals surface area contributed by atoms with Crippen molar-refractivity contribution in [2.75, 3.05) is 24.5 Å². The molecule has 1 aromatic carbocycles. The first-order chi connectivity index (χ1) is 8.08. The van der Waals surface area contributed by atoms with Crippen LogP contribution in [0.15, 0.2) is 16.6 Å². The summed E-state index contributed by atoms with van der Waals surface area (Å²) in [4.78, 5) is 2.53. The van der Waals surface area contributed by atoms with Crippen LogP contribution in [-0.4, -0.2) is 25.7 Å². The second kappa shape index (κ2) is 5.40. The normalized spacial score (nSPS) is 21.4. The number of nitrogens with zero attached hydrogens (tertiary/aromatic N) is 1. The van der Waals surface area contributed by atoms with Crippen molar-refractivity contribution in [2.45, 2.75) is 33.2 Å². The molecule has 1 atom stereocenters. The van der Waals surface area contributed by atoms with E-state index in [4.69, 9.17) is 0 Å². The van der Waals surface area contributed by atoms with E-state index in [0.29, 0.717) is 6.04 Å². The van der Waals surface area contributed by atoms with E-state index < -0.39 is 0 Å². The van der Waals surface area contributed by atoms with Crippen LogP contribution in [0.2, 0.25) is 0 Å². The van der Waals surface area contributed by atoms with Gasteiger partial charge in [-0.25, -0.2) is 0 Å². The summed E-state index contributed by atoms with van der Waals surface area (Å²) >= 11 is 3.57. The van der Waals surface area contributed by atoms with Crippen LogP contribution in [0.1, 0.15) is 24.5 Å². The van der Waals surface area contributed by atoms with Gasteiger partial charge in [0.05, 0.1) is 0 Å². The molecule has 3 heteroatoms. The smallest absolute Gasteiger partial charge is 0.0426 e. The molecule has 17 heavy (non-hydrogen) atoms. The van der Waals surface area contributed by atoms with Crippen LogP contribution in [0.4, 0.5) is 5.69 Å². The van der Waals surface area contributed by atoms with Gasteiger partial charge in [-0.05, 0) is 57.0 Å². The molecule has 0 aromatic heterocycles. The van der Waals surface area contributed by atoms with E-state index in [2.05, 4.69) is 59.1 Å². The van der Waals surface area contributed by atoms with Gasteiger partial charge >= 0.3 is 0 Å². The lowest BCUT2D eigenvalue weighted by Crippen LogP contribution is -2.35. The maximum atomic E-state index is 3.57. The van der Waals surface area contributed by atoms with Crippen molar-refractivity contribution in [1.82, 2.24) is 5.32 Å². The number of benzene rings is 1. The number of hydrogen-bond acceptors (Lipinski definition) is 2. The average Bonchev–Trinajstić information content (AvgIpc) is 2.41. The molecule has 0 aliphatic carbocycles.